The monoisotopic (exact) mass is 261 g/mol. The summed E-state index contributed by atoms with van der Waals surface area (Å²) in [6, 6.07) is 1.80. The Labute approximate surface area is 106 Å². The van der Waals surface area contributed by atoms with Gasteiger partial charge in [0.1, 0.15) is 4.83 Å². The standard InChI is InChI=1S/C11H11N5OS/c12-8-5-14-16(6-8)3-2-15-7-13-10-9(11(15)17)1-4-18-10/h1,4-7H,2-3,12H2. The van der Waals surface area contributed by atoms with Gasteiger partial charge in [-0.15, -0.1) is 11.3 Å². The molecule has 0 radical (unpaired) electrons. The molecule has 3 aromatic heterocycles. The van der Waals surface area contributed by atoms with E-state index in [1.54, 1.807) is 34.0 Å². The van der Waals surface area contributed by atoms with Gasteiger partial charge < -0.3 is 5.73 Å². The van der Waals surface area contributed by atoms with Crippen LogP contribution in [0.2, 0.25) is 0 Å². The zero-order chi connectivity index (χ0) is 12.5. The van der Waals surface area contributed by atoms with Gasteiger partial charge >= 0.3 is 0 Å². The highest BCUT2D eigenvalue weighted by atomic mass is 32.1. The predicted molar refractivity (Wildman–Crippen MR) is 70.5 cm³/mol. The second kappa shape index (κ2) is 4.26. The third-order valence-electron chi connectivity index (χ3n) is 2.67. The van der Waals surface area contributed by atoms with Crippen molar-refractivity contribution in [1.29, 1.82) is 0 Å². The van der Waals surface area contributed by atoms with E-state index in [0.29, 0.717) is 24.2 Å². The molecule has 6 nitrogen and oxygen atoms in total. The van der Waals surface area contributed by atoms with E-state index < -0.39 is 0 Å². The van der Waals surface area contributed by atoms with Crippen molar-refractivity contribution in [3.63, 3.8) is 0 Å². The minimum Gasteiger partial charge on any atom is -0.396 e. The van der Waals surface area contributed by atoms with Gasteiger partial charge in [-0.2, -0.15) is 5.10 Å². The van der Waals surface area contributed by atoms with E-state index in [0.717, 1.165) is 4.83 Å². The molecule has 0 aliphatic carbocycles. The Balaban J connectivity index is 1.86. The summed E-state index contributed by atoms with van der Waals surface area (Å²) in [4.78, 5) is 17.1. The van der Waals surface area contributed by atoms with Crippen LogP contribution in [0.4, 0.5) is 5.69 Å². The Bertz CT molecular complexity index is 741. The summed E-state index contributed by atoms with van der Waals surface area (Å²) in [5.41, 5.74) is 6.18. The lowest BCUT2D eigenvalue weighted by molar-refractivity contribution is 0.522. The van der Waals surface area contributed by atoms with Crippen LogP contribution in [0.25, 0.3) is 10.2 Å². The molecule has 92 valence electrons. The number of fused-ring (bicyclic) bond motifs is 1. The lowest BCUT2D eigenvalue weighted by Crippen LogP contribution is -2.22. The van der Waals surface area contributed by atoms with Gasteiger partial charge in [0.15, 0.2) is 0 Å². The lowest BCUT2D eigenvalue weighted by atomic mass is 10.4. The van der Waals surface area contributed by atoms with Gasteiger partial charge in [0.05, 0.1) is 30.1 Å². The van der Waals surface area contributed by atoms with E-state index in [1.165, 1.54) is 11.3 Å². The number of aromatic nitrogens is 4. The van der Waals surface area contributed by atoms with Crippen molar-refractivity contribution < 1.29 is 0 Å². The summed E-state index contributed by atoms with van der Waals surface area (Å²) in [5, 5.41) is 6.61. The highest BCUT2D eigenvalue weighted by Crippen LogP contribution is 2.13. The summed E-state index contributed by atoms with van der Waals surface area (Å²) >= 11 is 1.47. The molecule has 0 unspecified atom stereocenters. The molecule has 0 spiro atoms. The molecule has 0 atom stereocenters. The Morgan fingerprint density at radius 1 is 1.39 bits per heavy atom. The molecule has 3 aromatic rings. The van der Waals surface area contributed by atoms with Crippen LogP contribution in [0, 0.1) is 0 Å². The van der Waals surface area contributed by atoms with Gasteiger partial charge in [0, 0.05) is 12.7 Å². The number of hydrogen-bond acceptors (Lipinski definition) is 5. The molecular formula is C11H11N5OS. The number of nitrogen functional groups attached to an aromatic ring is 1. The van der Waals surface area contributed by atoms with Crippen molar-refractivity contribution in [2.24, 2.45) is 0 Å². The van der Waals surface area contributed by atoms with Crippen LogP contribution in [0.1, 0.15) is 0 Å². The summed E-state index contributed by atoms with van der Waals surface area (Å²) in [6.45, 7) is 1.12. The number of aryl methyl sites for hydroxylation is 2. The average Bonchev–Trinajstić information content (AvgIpc) is 2.97. The third-order valence-corrected chi connectivity index (χ3v) is 3.49. The molecule has 18 heavy (non-hydrogen) atoms. The number of nitrogens with two attached hydrogens (primary N) is 1. The van der Waals surface area contributed by atoms with E-state index in [1.807, 2.05) is 5.38 Å². The van der Waals surface area contributed by atoms with Crippen molar-refractivity contribution >= 4 is 27.2 Å². The van der Waals surface area contributed by atoms with Crippen molar-refractivity contribution in [2.75, 3.05) is 5.73 Å². The highest BCUT2D eigenvalue weighted by molar-refractivity contribution is 7.16. The number of hydrogen-bond donors (Lipinski definition) is 1. The molecule has 0 amide bonds. The smallest absolute Gasteiger partial charge is 0.262 e. The molecule has 0 aromatic carbocycles. The first kappa shape index (κ1) is 11.0. The highest BCUT2D eigenvalue weighted by Gasteiger charge is 2.05. The fourth-order valence-corrected chi connectivity index (χ4v) is 2.49. The SMILES string of the molecule is Nc1cnn(CCn2cnc3sccc3c2=O)c1. The van der Waals surface area contributed by atoms with Gasteiger partial charge in [-0.25, -0.2) is 4.98 Å². The normalized spacial score (nSPS) is 11.1. The maximum absolute atomic E-state index is 12.1. The Morgan fingerprint density at radius 3 is 3.06 bits per heavy atom. The molecule has 0 saturated heterocycles. The largest absolute Gasteiger partial charge is 0.396 e. The Hall–Kier alpha value is -2.15. The molecule has 2 N–H and O–H groups in total. The number of thiophene rings is 1. The summed E-state index contributed by atoms with van der Waals surface area (Å²) in [5.74, 6) is 0. The van der Waals surface area contributed by atoms with E-state index in [-0.39, 0.29) is 5.56 Å². The fourth-order valence-electron chi connectivity index (χ4n) is 1.76. The van der Waals surface area contributed by atoms with Gasteiger partial charge in [0.2, 0.25) is 0 Å². The second-order valence-electron chi connectivity index (χ2n) is 3.92. The number of rotatable bonds is 3. The van der Waals surface area contributed by atoms with Crippen molar-refractivity contribution in [3.05, 3.63) is 40.5 Å². The van der Waals surface area contributed by atoms with Gasteiger partial charge in [0.25, 0.3) is 5.56 Å². The number of nitrogens with zero attached hydrogens (tertiary/aromatic N) is 4. The van der Waals surface area contributed by atoms with Gasteiger partial charge in [-0.05, 0) is 11.4 Å². The van der Waals surface area contributed by atoms with E-state index in [9.17, 15) is 4.79 Å². The van der Waals surface area contributed by atoms with E-state index in [2.05, 4.69) is 10.1 Å². The van der Waals surface area contributed by atoms with E-state index in [4.69, 9.17) is 5.73 Å². The predicted octanol–water partition coefficient (Wildman–Crippen LogP) is 0.937. The van der Waals surface area contributed by atoms with Crippen molar-refractivity contribution in [1.82, 2.24) is 19.3 Å². The molecular weight excluding hydrogens is 250 g/mol. The van der Waals surface area contributed by atoms with Crippen LogP contribution in [-0.2, 0) is 13.1 Å². The van der Waals surface area contributed by atoms with Crippen LogP contribution < -0.4 is 11.3 Å². The summed E-state index contributed by atoms with van der Waals surface area (Å²) in [6.07, 6.45) is 4.90. The first-order valence-corrected chi connectivity index (χ1v) is 6.32. The topological polar surface area (TPSA) is 78.7 Å². The molecule has 7 heteroatoms. The molecule has 3 heterocycles. The second-order valence-corrected chi connectivity index (χ2v) is 4.81. The van der Waals surface area contributed by atoms with Gasteiger partial charge in [-0.1, -0.05) is 0 Å². The lowest BCUT2D eigenvalue weighted by Gasteiger charge is -2.05. The third kappa shape index (κ3) is 1.88. The van der Waals surface area contributed by atoms with Crippen LogP contribution in [0.5, 0.6) is 0 Å². The molecule has 0 fully saturated rings. The minimum absolute atomic E-state index is 0.0126. The average molecular weight is 261 g/mol. The Kier molecular flexibility index (Phi) is 2.60. The fraction of sp³-hybridized carbons (Fsp3) is 0.182. The van der Waals surface area contributed by atoms with Crippen LogP contribution in [-0.4, -0.2) is 19.3 Å². The molecule has 0 saturated carbocycles. The van der Waals surface area contributed by atoms with Crippen molar-refractivity contribution in [2.45, 2.75) is 13.1 Å². The molecule has 3 rings (SSSR count). The van der Waals surface area contributed by atoms with Crippen LogP contribution in [0.3, 0.4) is 0 Å². The zero-order valence-electron chi connectivity index (χ0n) is 9.48. The molecule has 0 aliphatic heterocycles. The molecule has 0 aliphatic rings. The minimum atomic E-state index is -0.0126. The summed E-state index contributed by atoms with van der Waals surface area (Å²) < 4.78 is 3.30. The zero-order valence-corrected chi connectivity index (χ0v) is 10.3. The Morgan fingerprint density at radius 2 is 2.28 bits per heavy atom. The summed E-state index contributed by atoms with van der Waals surface area (Å²) in [7, 11) is 0. The number of anilines is 1. The van der Waals surface area contributed by atoms with Crippen LogP contribution in [0.15, 0.2) is 35.0 Å². The molecule has 0 bridgehead atoms. The first-order valence-electron chi connectivity index (χ1n) is 5.44. The maximum Gasteiger partial charge on any atom is 0.262 e. The van der Waals surface area contributed by atoms with Crippen molar-refractivity contribution in [3.8, 4) is 0 Å². The van der Waals surface area contributed by atoms with Crippen LogP contribution >= 0.6 is 11.3 Å². The first-order chi connectivity index (χ1) is 8.74. The maximum atomic E-state index is 12.1. The van der Waals surface area contributed by atoms with E-state index >= 15 is 0 Å². The van der Waals surface area contributed by atoms with Gasteiger partial charge in [-0.3, -0.25) is 14.0 Å². The quantitative estimate of drug-likeness (QED) is 0.761.